The molecule has 176 valence electrons. The van der Waals surface area contributed by atoms with Crippen LogP contribution in [0, 0.1) is 5.82 Å². The molecule has 1 atom stereocenters. The Morgan fingerprint density at radius 1 is 1.09 bits per heavy atom. The summed E-state index contributed by atoms with van der Waals surface area (Å²) < 4.78 is 14.7. The van der Waals surface area contributed by atoms with Gasteiger partial charge in [0.15, 0.2) is 0 Å². The molecule has 2 aromatic carbocycles. The van der Waals surface area contributed by atoms with Crippen LogP contribution in [0.2, 0.25) is 5.02 Å². The fourth-order valence-electron chi connectivity index (χ4n) is 3.86. The van der Waals surface area contributed by atoms with E-state index in [1.165, 1.54) is 6.07 Å². The lowest BCUT2D eigenvalue weighted by molar-refractivity contribution is -0.131. The molecule has 0 aromatic heterocycles. The minimum Gasteiger partial charge on any atom is -0.343 e. The Balaban J connectivity index is 1.88. The number of benzene rings is 2. The Morgan fingerprint density at radius 2 is 1.79 bits per heavy atom. The van der Waals surface area contributed by atoms with Gasteiger partial charge in [0.2, 0.25) is 11.8 Å². The van der Waals surface area contributed by atoms with Gasteiger partial charge in [0.1, 0.15) is 11.9 Å². The SMILES string of the molecule is CCCCN(CCCC)C(=O)CCC1N=C(c2ccccc2F)c2cc(Cl)ccc2NC1=O. The quantitative estimate of drug-likeness (QED) is 0.472. The zero-order chi connectivity index (χ0) is 23.8. The molecule has 1 aliphatic heterocycles. The molecule has 0 saturated carbocycles. The second kappa shape index (κ2) is 11.9. The first-order chi connectivity index (χ1) is 15.9. The van der Waals surface area contributed by atoms with Gasteiger partial charge in [0.25, 0.3) is 0 Å². The van der Waals surface area contributed by atoms with Gasteiger partial charge in [-0.05, 0) is 49.6 Å². The first-order valence-electron chi connectivity index (χ1n) is 11.7. The molecular weight excluding hydrogens is 441 g/mol. The van der Waals surface area contributed by atoms with E-state index in [1.54, 1.807) is 36.4 Å². The van der Waals surface area contributed by atoms with Crippen LogP contribution in [0.15, 0.2) is 47.5 Å². The Labute approximate surface area is 200 Å². The third-order valence-corrected chi connectivity index (χ3v) is 5.99. The van der Waals surface area contributed by atoms with Crippen molar-refractivity contribution in [2.24, 2.45) is 4.99 Å². The van der Waals surface area contributed by atoms with E-state index in [2.05, 4.69) is 24.2 Å². The Kier molecular flexibility index (Phi) is 9.01. The number of amides is 2. The summed E-state index contributed by atoms with van der Waals surface area (Å²) in [4.78, 5) is 32.5. The third-order valence-electron chi connectivity index (χ3n) is 5.76. The minimum absolute atomic E-state index is 0.0251. The summed E-state index contributed by atoms with van der Waals surface area (Å²) in [7, 11) is 0. The zero-order valence-electron chi connectivity index (χ0n) is 19.2. The number of carbonyl (C=O) groups is 2. The van der Waals surface area contributed by atoms with E-state index in [0.29, 0.717) is 27.5 Å². The van der Waals surface area contributed by atoms with Crippen molar-refractivity contribution in [2.45, 2.75) is 58.4 Å². The first kappa shape index (κ1) is 24.9. The van der Waals surface area contributed by atoms with Gasteiger partial charge in [-0.1, -0.05) is 50.4 Å². The number of nitrogens with one attached hydrogen (secondary N) is 1. The van der Waals surface area contributed by atoms with Crippen LogP contribution < -0.4 is 5.32 Å². The van der Waals surface area contributed by atoms with Crippen LogP contribution in [0.5, 0.6) is 0 Å². The highest BCUT2D eigenvalue weighted by Gasteiger charge is 2.28. The van der Waals surface area contributed by atoms with Crippen molar-refractivity contribution in [1.29, 1.82) is 0 Å². The van der Waals surface area contributed by atoms with Gasteiger partial charge in [0.05, 0.1) is 11.4 Å². The van der Waals surface area contributed by atoms with E-state index in [4.69, 9.17) is 11.6 Å². The maximum atomic E-state index is 14.7. The van der Waals surface area contributed by atoms with E-state index in [-0.39, 0.29) is 24.7 Å². The van der Waals surface area contributed by atoms with Crippen LogP contribution in [0.25, 0.3) is 0 Å². The number of fused-ring (bicyclic) bond motifs is 1. The van der Waals surface area contributed by atoms with Crippen molar-refractivity contribution >= 4 is 34.8 Å². The Hall–Kier alpha value is -2.73. The average Bonchev–Trinajstić information content (AvgIpc) is 2.94. The number of hydrogen-bond donors (Lipinski definition) is 1. The van der Waals surface area contributed by atoms with E-state index >= 15 is 0 Å². The smallest absolute Gasteiger partial charge is 0.249 e. The normalized spacial score (nSPS) is 15.3. The number of aliphatic imine (C=N–C) groups is 1. The lowest BCUT2D eigenvalue weighted by atomic mass is 10.00. The summed E-state index contributed by atoms with van der Waals surface area (Å²) in [6.45, 7) is 5.64. The number of halogens is 2. The van der Waals surface area contributed by atoms with E-state index < -0.39 is 11.9 Å². The van der Waals surface area contributed by atoms with Crippen LogP contribution in [0.3, 0.4) is 0 Å². The summed E-state index contributed by atoms with van der Waals surface area (Å²) in [6, 6.07) is 10.5. The Morgan fingerprint density at radius 3 is 2.45 bits per heavy atom. The third kappa shape index (κ3) is 6.41. The fourth-order valence-corrected chi connectivity index (χ4v) is 4.03. The fraction of sp³-hybridized carbons (Fsp3) is 0.423. The van der Waals surface area contributed by atoms with Gasteiger partial charge >= 0.3 is 0 Å². The zero-order valence-corrected chi connectivity index (χ0v) is 20.0. The highest BCUT2D eigenvalue weighted by molar-refractivity contribution is 6.32. The molecule has 1 heterocycles. The van der Waals surface area contributed by atoms with Crippen LogP contribution in [0.4, 0.5) is 10.1 Å². The van der Waals surface area contributed by atoms with Crippen molar-refractivity contribution in [3.05, 3.63) is 64.4 Å². The molecule has 0 radical (unpaired) electrons. The van der Waals surface area contributed by atoms with Gasteiger partial charge < -0.3 is 10.2 Å². The molecule has 3 rings (SSSR count). The van der Waals surface area contributed by atoms with Crippen LogP contribution >= 0.6 is 11.6 Å². The topological polar surface area (TPSA) is 61.8 Å². The molecule has 2 amide bonds. The van der Waals surface area contributed by atoms with Gasteiger partial charge in [-0.2, -0.15) is 0 Å². The predicted molar refractivity (Wildman–Crippen MR) is 132 cm³/mol. The monoisotopic (exact) mass is 471 g/mol. The lowest BCUT2D eigenvalue weighted by Crippen LogP contribution is -2.34. The van der Waals surface area contributed by atoms with Crippen LogP contribution in [0.1, 0.15) is 63.5 Å². The van der Waals surface area contributed by atoms with Crippen LogP contribution in [-0.4, -0.2) is 41.6 Å². The van der Waals surface area contributed by atoms with Gasteiger partial charge in [0, 0.05) is 35.7 Å². The van der Waals surface area contributed by atoms with E-state index in [1.807, 2.05) is 4.90 Å². The molecule has 1 N–H and O–H groups in total. The highest BCUT2D eigenvalue weighted by Crippen LogP contribution is 2.29. The summed E-state index contributed by atoms with van der Waals surface area (Å²) >= 11 is 6.20. The minimum atomic E-state index is -0.811. The molecule has 0 fully saturated rings. The summed E-state index contributed by atoms with van der Waals surface area (Å²) in [5.41, 5.74) is 1.73. The number of rotatable bonds is 10. The molecule has 1 aliphatic rings. The van der Waals surface area contributed by atoms with Gasteiger partial charge in [-0.3, -0.25) is 14.6 Å². The molecule has 2 aromatic rings. The predicted octanol–water partition coefficient (Wildman–Crippen LogP) is 5.85. The molecule has 0 spiro atoms. The molecule has 7 heteroatoms. The number of nitrogens with zero attached hydrogens (tertiary/aromatic N) is 2. The highest BCUT2D eigenvalue weighted by atomic mass is 35.5. The molecule has 1 unspecified atom stereocenters. The number of anilines is 1. The number of carbonyl (C=O) groups excluding carboxylic acids is 2. The van der Waals surface area contributed by atoms with Gasteiger partial charge in [-0.15, -0.1) is 0 Å². The molecule has 5 nitrogen and oxygen atoms in total. The summed E-state index contributed by atoms with van der Waals surface area (Å²) in [6.07, 6.45) is 4.38. The average molecular weight is 472 g/mol. The van der Waals surface area contributed by atoms with E-state index in [9.17, 15) is 14.0 Å². The number of hydrogen-bond acceptors (Lipinski definition) is 3. The lowest BCUT2D eigenvalue weighted by Gasteiger charge is -2.23. The van der Waals surface area contributed by atoms with Crippen molar-refractivity contribution in [2.75, 3.05) is 18.4 Å². The first-order valence-corrected chi connectivity index (χ1v) is 12.0. The summed E-state index contributed by atoms with van der Waals surface area (Å²) in [5.74, 6) is -0.722. The van der Waals surface area contributed by atoms with E-state index in [0.717, 1.165) is 38.8 Å². The van der Waals surface area contributed by atoms with Gasteiger partial charge in [-0.25, -0.2) is 4.39 Å². The van der Waals surface area contributed by atoms with Crippen molar-refractivity contribution in [1.82, 2.24) is 4.90 Å². The Bertz CT molecular complexity index is 1020. The number of unbranched alkanes of at least 4 members (excludes halogenated alkanes) is 2. The largest absolute Gasteiger partial charge is 0.343 e. The maximum Gasteiger partial charge on any atom is 0.249 e. The second-order valence-electron chi connectivity index (χ2n) is 8.28. The molecule has 0 saturated heterocycles. The molecule has 33 heavy (non-hydrogen) atoms. The van der Waals surface area contributed by atoms with Crippen molar-refractivity contribution in [3.8, 4) is 0 Å². The molecular formula is C26H31ClFN3O2. The van der Waals surface area contributed by atoms with Crippen LogP contribution in [-0.2, 0) is 9.59 Å². The maximum absolute atomic E-state index is 14.7. The van der Waals surface area contributed by atoms with Crippen molar-refractivity contribution in [3.63, 3.8) is 0 Å². The molecule has 0 aliphatic carbocycles. The molecule has 0 bridgehead atoms. The standard InChI is InChI=1S/C26H31ClFN3O2/c1-3-5-15-31(16-6-4-2)24(32)14-13-23-26(33)30-22-12-11-18(27)17-20(22)25(29-23)19-9-7-8-10-21(19)28/h7-12,17,23H,3-6,13-16H2,1-2H3,(H,30,33). The van der Waals surface area contributed by atoms with Crippen molar-refractivity contribution < 1.29 is 14.0 Å². The second-order valence-corrected chi connectivity index (χ2v) is 8.72. The number of benzodiazepines with no additional fused rings is 1. The summed E-state index contributed by atoms with van der Waals surface area (Å²) in [5, 5.41) is 3.34.